The summed E-state index contributed by atoms with van der Waals surface area (Å²) in [5.74, 6) is -1.31. The average molecular weight is 385 g/mol. The van der Waals surface area contributed by atoms with E-state index >= 15 is 0 Å². The molecule has 0 aliphatic carbocycles. The maximum atomic E-state index is 11.9. The van der Waals surface area contributed by atoms with Gasteiger partial charge in [0.05, 0.1) is 6.61 Å². The fraction of sp³-hybridized carbons (Fsp3) is 0.364. The zero-order valence-corrected chi connectivity index (χ0v) is 16.0. The number of carbonyl (C=O) groups excluding carboxylic acids is 1. The van der Waals surface area contributed by atoms with Gasteiger partial charge < -0.3 is 20.3 Å². The third kappa shape index (κ3) is 7.04. The molecule has 2 unspecified atom stereocenters. The smallest absolute Gasteiger partial charge is 0.407 e. The minimum absolute atomic E-state index is 0.0986. The first-order valence-corrected chi connectivity index (χ1v) is 9.48. The number of hydrogen-bond donors (Lipinski definition) is 3. The molecule has 2 aromatic carbocycles. The van der Waals surface area contributed by atoms with Crippen LogP contribution in [0.15, 0.2) is 54.6 Å². The van der Waals surface area contributed by atoms with Gasteiger partial charge >= 0.3 is 12.1 Å². The highest BCUT2D eigenvalue weighted by Gasteiger charge is 2.22. The van der Waals surface area contributed by atoms with E-state index in [1.807, 2.05) is 61.5 Å². The zero-order valence-electron chi connectivity index (χ0n) is 16.0. The van der Waals surface area contributed by atoms with Crippen LogP contribution in [0.25, 0.3) is 11.1 Å². The summed E-state index contributed by atoms with van der Waals surface area (Å²) in [6.45, 7) is 2.30. The SMILES string of the molecule is CCCCOC(=O)NC(Cc1ccc(-c2ccccc2)cc1)CC(O)C(=O)O. The topological polar surface area (TPSA) is 95.9 Å². The van der Waals surface area contributed by atoms with Crippen LogP contribution in [0.4, 0.5) is 4.79 Å². The van der Waals surface area contributed by atoms with Crippen molar-refractivity contribution in [1.29, 1.82) is 0 Å². The lowest BCUT2D eigenvalue weighted by Crippen LogP contribution is -2.41. The Balaban J connectivity index is 2.03. The molecule has 1 amide bonds. The molecule has 0 aliphatic rings. The van der Waals surface area contributed by atoms with Gasteiger partial charge in [0.15, 0.2) is 6.10 Å². The van der Waals surface area contributed by atoms with E-state index in [-0.39, 0.29) is 6.42 Å². The van der Waals surface area contributed by atoms with Crippen LogP contribution in [0.2, 0.25) is 0 Å². The molecule has 6 heteroatoms. The van der Waals surface area contributed by atoms with Gasteiger partial charge in [0, 0.05) is 12.5 Å². The predicted molar refractivity (Wildman–Crippen MR) is 107 cm³/mol. The number of alkyl carbamates (subject to hydrolysis) is 1. The summed E-state index contributed by atoms with van der Waals surface area (Å²) in [6, 6.07) is 17.2. The van der Waals surface area contributed by atoms with Crippen molar-refractivity contribution in [2.24, 2.45) is 0 Å². The van der Waals surface area contributed by atoms with Crippen molar-refractivity contribution >= 4 is 12.1 Å². The highest BCUT2D eigenvalue weighted by molar-refractivity contribution is 5.72. The number of carbonyl (C=O) groups is 2. The van der Waals surface area contributed by atoms with Crippen molar-refractivity contribution in [2.75, 3.05) is 6.61 Å². The molecule has 0 saturated carbocycles. The molecule has 28 heavy (non-hydrogen) atoms. The number of rotatable bonds is 10. The number of aliphatic hydroxyl groups is 1. The summed E-state index contributed by atoms with van der Waals surface area (Å²) in [4.78, 5) is 22.9. The van der Waals surface area contributed by atoms with Gasteiger partial charge in [-0.25, -0.2) is 9.59 Å². The summed E-state index contributed by atoms with van der Waals surface area (Å²) in [5, 5.41) is 21.3. The van der Waals surface area contributed by atoms with Crippen LogP contribution in [0.3, 0.4) is 0 Å². The van der Waals surface area contributed by atoms with E-state index in [9.17, 15) is 14.7 Å². The Kier molecular flexibility index (Phi) is 8.49. The molecular formula is C22H27NO5. The number of amides is 1. The Morgan fingerprint density at radius 2 is 1.68 bits per heavy atom. The van der Waals surface area contributed by atoms with Gasteiger partial charge in [0.25, 0.3) is 0 Å². The Morgan fingerprint density at radius 3 is 2.29 bits per heavy atom. The van der Waals surface area contributed by atoms with Gasteiger partial charge in [-0.15, -0.1) is 0 Å². The first kappa shape index (κ1) is 21.4. The van der Waals surface area contributed by atoms with Gasteiger partial charge in [0.2, 0.25) is 0 Å². The Bertz CT molecular complexity index is 745. The van der Waals surface area contributed by atoms with Crippen LogP contribution in [-0.2, 0) is 16.0 Å². The van der Waals surface area contributed by atoms with Crippen molar-refractivity contribution in [2.45, 2.75) is 44.8 Å². The molecule has 3 N–H and O–H groups in total. The quantitative estimate of drug-likeness (QED) is 0.543. The molecule has 150 valence electrons. The summed E-state index contributed by atoms with van der Waals surface area (Å²) < 4.78 is 5.09. The first-order valence-electron chi connectivity index (χ1n) is 9.48. The van der Waals surface area contributed by atoms with Crippen molar-refractivity contribution in [3.8, 4) is 11.1 Å². The number of carboxylic acid groups (broad SMARTS) is 1. The van der Waals surface area contributed by atoms with Crippen molar-refractivity contribution < 1.29 is 24.5 Å². The maximum Gasteiger partial charge on any atom is 0.407 e. The van der Waals surface area contributed by atoms with Crippen molar-refractivity contribution in [3.63, 3.8) is 0 Å². The number of aliphatic hydroxyl groups excluding tert-OH is 1. The van der Waals surface area contributed by atoms with Gasteiger partial charge in [-0.05, 0) is 29.5 Å². The van der Waals surface area contributed by atoms with Gasteiger partial charge in [-0.3, -0.25) is 0 Å². The largest absolute Gasteiger partial charge is 0.479 e. The second-order valence-corrected chi connectivity index (χ2v) is 6.69. The second-order valence-electron chi connectivity index (χ2n) is 6.69. The Hall–Kier alpha value is -2.86. The number of aliphatic carboxylic acids is 1. The van der Waals surface area contributed by atoms with E-state index in [4.69, 9.17) is 9.84 Å². The van der Waals surface area contributed by atoms with Gasteiger partial charge in [0.1, 0.15) is 0 Å². The number of ether oxygens (including phenoxy) is 1. The Morgan fingerprint density at radius 1 is 1.04 bits per heavy atom. The number of hydrogen-bond acceptors (Lipinski definition) is 4. The molecule has 0 aromatic heterocycles. The highest BCUT2D eigenvalue weighted by atomic mass is 16.5. The number of carboxylic acids is 1. The van der Waals surface area contributed by atoms with E-state index < -0.39 is 24.2 Å². The molecule has 0 bridgehead atoms. The highest BCUT2D eigenvalue weighted by Crippen LogP contribution is 2.20. The monoisotopic (exact) mass is 385 g/mol. The summed E-state index contributed by atoms with van der Waals surface area (Å²) in [6.07, 6.45) is -0.193. The number of benzene rings is 2. The molecule has 2 rings (SSSR count). The summed E-state index contributed by atoms with van der Waals surface area (Å²) in [7, 11) is 0. The third-order valence-electron chi connectivity index (χ3n) is 4.39. The maximum absolute atomic E-state index is 11.9. The minimum atomic E-state index is -1.55. The molecule has 2 atom stereocenters. The van der Waals surface area contributed by atoms with E-state index in [0.717, 1.165) is 29.5 Å². The van der Waals surface area contributed by atoms with Crippen molar-refractivity contribution in [3.05, 3.63) is 60.2 Å². The van der Waals surface area contributed by atoms with E-state index in [1.54, 1.807) is 0 Å². The summed E-state index contributed by atoms with van der Waals surface area (Å²) in [5.41, 5.74) is 3.10. The van der Waals surface area contributed by atoms with E-state index in [2.05, 4.69) is 5.32 Å². The normalized spacial score (nSPS) is 12.8. The zero-order chi connectivity index (χ0) is 20.4. The standard InChI is InChI=1S/C22H27NO5/c1-2-3-13-28-22(27)23-19(15-20(24)21(25)26)14-16-9-11-18(12-10-16)17-7-5-4-6-8-17/h4-12,19-20,24H,2-3,13-15H2,1H3,(H,23,27)(H,25,26). The minimum Gasteiger partial charge on any atom is -0.479 e. The van der Waals surface area contributed by atoms with Crippen LogP contribution >= 0.6 is 0 Å². The molecule has 0 heterocycles. The molecule has 6 nitrogen and oxygen atoms in total. The number of nitrogens with one attached hydrogen (secondary N) is 1. The van der Waals surface area contributed by atoms with Gasteiger partial charge in [-0.1, -0.05) is 67.9 Å². The fourth-order valence-electron chi connectivity index (χ4n) is 2.83. The molecule has 0 fully saturated rings. The van der Waals surface area contributed by atoms with Crippen LogP contribution in [-0.4, -0.2) is 41.0 Å². The first-order chi connectivity index (χ1) is 13.5. The molecule has 0 spiro atoms. The van der Waals surface area contributed by atoms with E-state index in [1.165, 1.54) is 0 Å². The fourth-order valence-corrected chi connectivity index (χ4v) is 2.83. The lowest BCUT2D eigenvalue weighted by molar-refractivity contribution is -0.147. The lowest BCUT2D eigenvalue weighted by atomic mass is 9.98. The molecule has 0 saturated heterocycles. The van der Waals surface area contributed by atoms with E-state index in [0.29, 0.717) is 13.0 Å². The lowest BCUT2D eigenvalue weighted by Gasteiger charge is -2.20. The molecule has 0 radical (unpaired) electrons. The molecule has 0 aliphatic heterocycles. The Labute approximate surface area is 165 Å². The number of unbranched alkanes of at least 4 members (excludes halogenated alkanes) is 1. The predicted octanol–water partition coefficient (Wildman–Crippen LogP) is 3.63. The molecular weight excluding hydrogens is 358 g/mol. The van der Waals surface area contributed by atoms with Crippen LogP contribution < -0.4 is 5.32 Å². The van der Waals surface area contributed by atoms with Crippen LogP contribution in [0.1, 0.15) is 31.7 Å². The average Bonchev–Trinajstić information content (AvgIpc) is 2.69. The van der Waals surface area contributed by atoms with Crippen LogP contribution in [0, 0.1) is 0 Å². The third-order valence-corrected chi connectivity index (χ3v) is 4.39. The van der Waals surface area contributed by atoms with Crippen LogP contribution in [0.5, 0.6) is 0 Å². The van der Waals surface area contributed by atoms with Crippen molar-refractivity contribution in [1.82, 2.24) is 5.32 Å². The second kappa shape index (κ2) is 11.1. The molecule has 2 aromatic rings. The summed E-state index contributed by atoms with van der Waals surface area (Å²) >= 11 is 0. The van der Waals surface area contributed by atoms with Gasteiger partial charge in [-0.2, -0.15) is 0 Å².